The van der Waals surface area contributed by atoms with E-state index in [-0.39, 0.29) is 18.1 Å². The molecule has 198 valence electrons. The zero-order chi connectivity index (χ0) is 26.6. The van der Waals surface area contributed by atoms with Gasteiger partial charge in [-0.15, -0.1) is 0 Å². The molecule has 11 nitrogen and oxygen atoms in total. The van der Waals surface area contributed by atoms with E-state index in [4.69, 9.17) is 9.47 Å². The number of nitriles is 1. The first kappa shape index (κ1) is 25.8. The second kappa shape index (κ2) is 11.2. The van der Waals surface area contributed by atoms with E-state index in [0.717, 1.165) is 30.6 Å². The number of urea groups is 1. The Labute approximate surface area is 220 Å². The van der Waals surface area contributed by atoms with Crippen molar-refractivity contribution in [1.29, 1.82) is 5.26 Å². The SMILES string of the molecule is CO[C@H]1CCN(Cc2cc3c(nc2C=O)N(C(=O)Nc2cc(C[C@@H]4CCOC4)c(C#N)cn2)CCC3)C1=O. The molecular weight excluding hydrogens is 488 g/mol. The molecule has 3 amide bonds. The largest absolute Gasteiger partial charge is 0.381 e. The number of likely N-dealkylation sites (tertiary alicyclic amines) is 1. The van der Waals surface area contributed by atoms with E-state index in [2.05, 4.69) is 21.4 Å². The predicted molar refractivity (Wildman–Crippen MR) is 137 cm³/mol. The lowest BCUT2D eigenvalue weighted by molar-refractivity contribution is -0.136. The zero-order valence-electron chi connectivity index (χ0n) is 21.3. The van der Waals surface area contributed by atoms with Gasteiger partial charge in [0.1, 0.15) is 29.5 Å². The summed E-state index contributed by atoms with van der Waals surface area (Å²) in [5.41, 5.74) is 3.01. The van der Waals surface area contributed by atoms with Gasteiger partial charge in [-0.2, -0.15) is 5.26 Å². The molecule has 3 aliphatic heterocycles. The van der Waals surface area contributed by atoms with Gasteiger partial charge >= 0.3 is 6.03 Å². The maximum atomic E-state index is 13.3. The smallest absolute Gasteiger partial charge is 0.328 e. The summed E-state index contributed by atoms with van der Waals surface area (Å²) in [6.45, 7) is 2.63. The molecule has 0 spiro atoms. The summed E-state index contributed by atoms with van der Waals surface area (Å²) < 4.78 is 10.7. The Bertz CT molecular complexity index is 1290. The molecule has 5 rings (SSSR count). The first-order chi connectivity index (χ1) is 18.5. The Morgan fingerprint density at radius 3 is 2.89 bits per heavy atom. The topological polar surface area (TPSA) is 138 Å². The molecule has 5 heterocycles. The lowest BCUT2D eigenvalue weighted by Gasteiger charge is -2.29. The van der Waals surface area contributed by atoms with Crippen molar-refractivity contribution < 1.29 is 23.9 Å². The fourth-order valence-corrected chi connectivity index (χ4v) is 5.34. The maximum absolute atomic E-state index is 13.3. The summed E-state index contributed by atoms with van der Waals surface area (Å²) in [6, 6.07) is 5.39. The van der Waals surface area contributed by atoms with Gasteiger partial charge in [0, 0.05) is 58.1 Å². The number of fused-ring (bicyclic) bond motifs is 1. The summed E-state index contributed by atoms with van der Waals surface area (Å²) in [5, 5.41) is 12.3. The normalized spacial score (nSPS) is 20.8. The molecule has 0 aromatic carbocycles. The molecule has 38 heavy (non-hydrogen) atoms. The van der Waals surface area contributed by atoms with E-state index >= 15 is 0 Å². The third kappa shape index (κ3) is 5.23. The fourth-order valence-electron chi connectivity index (χ4n) is 5.34. The Morgan fingerprint density at radius 1 is 1.32 bits per heavy atom. The lowest BCUT2D eigenvalue weighted by atomic mass is 9.96. The number of nitrogens with zero attached hydrogens (tertiary/aromatic N) is 5. The van der Waals surface area contributed by atoms with Crippen LogP contribution in [0.1, 0.15) is 52.0 Å². The molecule has 2 aromatic heterocycles. The summed E-state index contributed by atoms with van der Waals surface area (Å²) in [6.07, 6.45) is 5.34. The number of aldehydes is 1. The van der Waals surface area contributed by atoms with E-state index < -0.39 is 12.1 Å². The second-order valence-corrected chi connectivity index (χ2v) is 9.86. The van der Waals surface area contributed by atoms with Crippen LogP contribution in [0.3, 0.4) is 0 Å². The first-order valence-electron chi connectivity index (χ1n) is 12.9. The number of amides is 3. The van der Waals surface area contributed by atoms with Crippen LogP contribution in [-0.4, -0.2) is 72.6 Å². The summed E-state index contributed by atoms with van der Waals surface area (Å²) >= 11 is 0. The van der Waals surface area contributed by atoms with Crippen LogP contribution in [0.4, 0.5) is 16.4 Å². The zero-order valence-corrected chi connectivity index (χ0v) is 21.3. The quantitative estimate of drug-likeness (QED) is 0.552. The fraction of sp³-hybridized carbons (Fsp3) is 0.481. The molecule has 1 N–H and O–H groups in total. The number of aromatic nitrogens is 2. The molecule has 2 aromatic rings. The molecular formula is C27H30N6O5. The average molecular weight is 519 g/mol. The third-order valence-electron chi connectivity index (χ3n) is 7.40. The molecule has 2 atom stereocenters. The number of rotatable bonds is 7. The van der Waals surface area contributed by atoms with Crippen LogP contribution in [0.15, 0.2) is 18.3 Å². The molecule has 0 aliphatic carbocycles. The highest BCUT2D eigenvalue weighted by atomic mass is 16.5. The van der Waals surface area contributed by atoms with Crippen molar-refractivity contribution in [1.82, 2.24) is 14.9 Å². The molecule has 3 aliphatic rings. The first-order valence-corrected chi connectivity index (χ1v) is 12.9. The van der Waals surface area contributed by atoms with Gasteiger partial charge in [-0.05, 0) is 54.9 Å². The highest BCUT2D eigenvalue weighted by Crippen LogP contribution is 2.29. The number of hydrogen-bond acceptors (Lipinski definition) is 8. The molecule has 0 unspecified atom stereocenters. The number of carbonyl (C=O) groups is 3. The van der Waals surface area contributed by atoms with E-state index in [9.17, 15) is 19.6 Å². The minimum absolute atomic E-state index is 0.0992. The van der Waals surface area contributed by atoms with Crippen LogP contribution in [0.2, 0.25) is 0 Å². The molecule has 2 saturated heterocycles. The Balaban J connectivity index is 1.34. The van der Waals surface area contributed by atoms with Gasteiger partial charge in [0.15, 0.2) is 6.29 Å². The van der Waals surface area contributed by atoms with E-state index in [1.165, 1.54) is 18.2 Å². The van der Waals surface area contributed by atoms with Crippen LogP contribution in [0.25, 0.3) is 0 Å². The standard InChI is InChI=1S/C27H30N6O5/c1-37-23-4-7-32(26(23)35)14-20-10-18-3-2-6-33(25(18)30-22(20)15-34)27(36)31-24-11-19(21(12-28)13-29-24)9-17-5-8-38-16-17/h10-11,13,15,17,23H,2-9,14,16H2,1H3,(H,29,31,36)/t17-,23-/m0/s1. The molecule has 0 radical (unpaired) electrons. The molecule has 0 saturated carbocycles. The number of methoxy groups -OCH3 is 1. The lowest BCUT2D eigenvalue weighted by Crippen LogP contribution is -2.40. The van der Waals surface area contributed by atoms with Crippen LogP contribution >= 0.6 is 0 Å². The van der Waals surface area contributed by atoms with Gasteiger partial charge in [0.2, 0.25) is 0 Å². The Morgan fingerprint density at radius 2 is 2.18 bits per heavy atom. The summed E-state index contributed by atoms with van der Waals surface area (Å²) in [5.74, 6) is 1.01. The van der Waals surface area contributed by atoms with Gasteiger partial charge in [0.05, 0.1) is 5.56 Å². The number of hydrogen-bond donors (Lipinski definition) is 1. The molecule has 11 heteroatoms. The van der Waals surface area contributed by atoms with E-state index in [1.54, 1.807) is 11.0 Å². The van der Waals surface area contributed by atoms with Crippen LogP contribution in [0, 0.1) is 17.2 Å². The van der Waals surface area contributed by atoms with Gasteiger partial charge in [-0.25, -0.2) is 14.8 Å². The minimum atomic E-state index is -0.456. The van der Waals surface area contributed by atoms with Crippen molar-refractivity contribution in [3.8, 4) is 6.07 Å². The van der Waals surface area contributed by atoms with Crippen molar-refractivity contribution in [3.05, 3.63) is 46.3 Å². The average Bonchev–Trinajstić information content (AvgIpc) is 3.57. The van der Waals surface area contributed by atoms with Gasteiger partial charge in [-0.3, -0.25) is 19.8 Å². The maximum Gasteiger partial charge on any atom is 0.328 e. The number of ether oxygens (including phenoxy) is 2. The van der Waals surface area contributed by atoms with Gasteiger partial charge < -0.3 is 14.4 Å². The number of aryl methyl sites for hydroxylation is 1. The molecule has 0 bridgehead atoms. The van der Waals surface area contributed by atoms with Crippen molar-refractivity contribution in [3.63, 3.8) is 0 Å². The molecule has 2 fully saturated rings. The highest BCUT2D eigenvalue weighted by Gasteiger charge is 2.33. The van der Waals surface area contributed by atoms with Crippen molar-refractivity contribution >= 4 is 29.9 Å². The van der Waals surface area contributed by atoms with Crippen LogP contribution in [0.5, 0.6) is 0 Å². The third-order valence-corrected chi connectivity index (χ3v) is 7.40. The second-order valence-electron chi connectivity index (χ2n) is 9.86. The van der Waals surface area contributed by atoms with Gasteiger partial charge in [-0.1, -0.05) is 0 Å². The van der Waals surface area contributed by atoms with Crippen molar-refractivity contribution in [2.45, 2.75) is 44.8 Å². The Kier molecular flexibility index (Phi) is 7.62. The predicted octanol–water partition coefficient (Wildman–Crippen LogP) is 2.47. The van der Waals surface area contributed by atoms with Crippen LogP contribution in [-0.2, 0) is 33.7 Å². The highest BCUT2D eigenvalue weighted by molar-refractivity contribution is 6.01. The minimum Gasteiger partial charge on any atom is -0.381 e. The number of carbonyl (C=O) groups excluding carboxylic acids is 3. The monoisotopic (exact) mass is 518 g/mol. The summed E-state index contributed by atoms with van der Waals surface area (Å²) in [7, 11) is 1.52. The van der Waals surface area contributed by atoms with E-state index in [0.29, 0.717) is 73.9 Å². The van der Waals surface area contributed by atoms with Crippen molar-refractivity contribution in [2.75, 3.05) is 43.6 Å². The summed E-state index contributed by atoms with van der Waals surface area (Å²) in [4.78, 5) is 49.8. The van der Waals surface area contributed by atoms with Crippen LogP contribution < -0.4 is 10.2 Å². The Hall–Kier alpha value is -3.88. The van der Waals surface area contributed by atoms with Gasteiger partial charge in [0.25, 0.3) is 5.91 Å². The van der Waals surface area contributed by atoms with Crippen molar-refractivity contribution in [2.24, 2.45) is 5.92 Å². The number of pyridine rings is 2. The number of anilines is 2. The van der Waals surface area contributed by atoms with E-state index in [1.807, 2.05) is 6.07 Å². The number of nitrogens with one attached hydrogen (secondary N) is 1.